The first-order chi connectivity index (χ1) is 16.4. The van der Waals surface area contributed by atoms with Crippen molar-refractivity contribution in [3.8, 4) is 5.75 Å². The number of aliphatic imine (C=N–C) groups is 1. The summed E-state index contributed by atoms with van der Waals surface area (Å²) >= 11 is 0. The molecule has 0 aliphatic carbocycles. The Morgan fingerprint density at radius 2 is 1.94 bits per heavy atom. The molecule has 0 aliphatic rings. The molecule has 0 fully saturated rings. The summed E-state index contributed by atoms with van der Waals surface area (Å²) < 4.78 is 5.31. The molecule has 1 aromatic heterocycles. The largest absolute Gasteiger partial charge is 0.492 e. The Kier molecular flexibility index (Phi) is 10.5. The maximum atomic E-state index is 12.6. The van der Waals surface area contributed by atoms with Gasteiger partial charge in [-0.3, -0.25) is 14.6 Å². The summed E-state index contributed by atoms with van der Waals surface area (Å²) in [6.07, 6.45) is 5.37. The molecule has 2 aromatic rings. The van der Waals surface area contributed by atoms with Gasteiger partial charge in [-0.2, -0.15) is 0 Å². The van der Waals surface area contributed by atoms with Crippen LogP contribution in [0.15, 0.2) is 59.5 Å². The number of hydrogen-bond acceptors (Lipinski definition) is 8. The average molecular weight is 468 g/mol. The Balaban J connectivity index is 1.87. The molecule has 10 nitrogen and oxygen atoms in total. The summed E-state index contributed by atoms with van der Waals surface area (Å²) in [4.78, 5) is 32.9. The number of hydrazine groups is 1. The number of nitrogens with zero attached hydrogens (tertiary/aromatic N) is 3. The summed E-state index contributed by atoms with van der Waals surface area (Å²) in [5.74, 6) is 5.67. The smallest absolute Gasteiger partial charge is 0.269 e. The fourth-order valence-corrected chi connectivity index (χ4v) is 3.00. The number of pyridine rings is 1. The standard InChI is InChI=1S/C24H33N7O3/c1-4-17-6-8-18(9-7-17)22(15-27-3)30-23(32)20(25)16-31(26)13-12-28-24(33)21-11-10-19(14-29-21)34-5-2/h6-11,14-16,22H,4-5,12-13,25-26H2,1-3H3,(H,28,33)(H,30,32). The van der Waals surface area contributed by atoms with E-state index < -0.39 is 11.9 Å². The van der Waals surface area contributed by atoms with Gasteiger partial charge in [0.25, 0.3) is 11.8 Å². The third-order valence-corrected chi connectivity index (χ3v) is 4.83. The maximum Gasteiger partial charge on any atom is 0.269 e. The quantitative estimate of drug-likeness (QED) is 0.159. The topological polar surface area (TPSA) is 148 Å². The van der Waals surface area contributed by atoms with E-state index in [1.807, 2.05) is 31.2 Å². The predicted octanol–water partition coefficient (Wildman–Crippen LogP) is 1.31. The number of carbonyl (C=O) groups excluding carboxylic acids is 2. The lowest BCUT2D eigenvalue weighted by atomic mass is 10.0. The van der Waals surface area contributed by atoms with E-state index in [2.05, 4.69) is 27.5 Å². The lowest BCUT2D eigenvalue weighted by Crippen LogP contribution is -2.38. The van der Waals surface area contributed by atoms with Gasteiger partial charge in [0.2, 0.25) is 0 Å². The number of nitrogens with two attached hydrogens (primary N) is 2. The fraction of sp³-hybridized carbons (Fsp3) is 0.333. The number of aryl methyl sites for hydroxylation is 1. The molecule has 0 radical (unpaired) electrons. The lowest BCUT2D eigenvalue weighted by molar-refractivity contribution is -0.117. The van der Waals surface area contributed by atoms with Gasteiger partial charge in [-0.1, -0.05) is 31.2 Å². The summed E-state index contributed by atoms with van der Waals surface area (Å²) in [6.45, 7) is 4.92. The third kappa shape index (κ3) is 8.21. The highest BCUT2D eigenvalue weighted by Crippen LogP contribution is 2.13. The van der Waals surface area contributed by atoms with Crippen molar-refractivity contribution in [1.29, 1.82) is 0 Å². The van der Waals surface area contributed by atoms with E-state index in [1.165, 1.54) is 23.0 Å². The molecule has 0 spiro atoms. The molecule has 10 heteroatoms. The normalized spacial score (nSPS) is 12.3. The molecule has 34 heavy (non-hydrogen) atoms. The highest BCUT2D eigenvalue weighted by molar-refractivity contribution is 5.94. The molecule has 1 aromatic carbocycles. The van der Waals surface area contributed by atoms with Gasteiger partial charge < -0.3 is 26.1 Å². The van der Waals surface area contributed by atoms with Crippen molar-refractivity contribution in [1.82, 2.24) is 20.6 Å². The number of carbonyl (C=O) groups is 2. The van der Waals surface area contributed by atoms with Crippen LogP contribution in [0.5, 0.6) is 5.75 Å². The van der Waals surface area contributed by atoms with Gasteiger partial charge >= 0.3 is 0 Å². The van der Waals surface area contributed by atoms with Crippen molar-refractivity contribution in [3.63, 3.8) is 0 Å². The molecule has 182 valence electrons. The monoisotopic (exact) mass is 467 g/mol. The van der Waals surface area contributed by atoms with Crippen LogP contribution >= 0.6 is 0 Å². The minimum absolute atomic E-state index is 0.0679. The van der Waals surface area contributed by atoms with Crippen LogP contribution in [-0.4, -0.2) is 54.8 Å². The second kappa shape index (κ2) is 13.6. The van der Waals surface area contributed by atoms with Crippen molar-refractivity contribution in [2.24, 2.45) is 16.6 Å². The van der Waals surface area contributed by atoms with E-state index in [9.17, 15) is 9.59 Å². The predicted molar refractivity (Wildman–Crippen MR) is 132 cm³/mol. The summed E-state index contributed by atoms with van der Waals surface area (Å²) in [5.41, 5.74) is 8.20. The van der Waals surface area contributed by atoms with Crippen LogP contribution in [0.25, 0.3) is 0 Å². The Morgan fingerprint density at radius 3 is 2.53 bits per heavy atom. The number of hydrogen-bond donors (Lipinski definition) is 4. The van der Waals surface area contributed by atoms with Crippen LogP contribution in [0, 0.1) is 0 Å². The van der Waals surface area contributed by atoms with Crippen LogP contribution in [-0.2, 0) is 11.2 Å². The third-order valence-electron chi connectivity index (χ3n) is 4.83. The Labute approximate surface area is 200 Å². The van der Waals surface area contributed by atoms with Gasteiger partial charge in [0, 0.05) is 26.0 Å². The van der Waals surface area contributed by atoms with Gasteiger partial charge in [-0.15, -0.1) is 0 Å². The van der Waals surface area contributed by atoms with Gasteiger partial charge in [0.1, 0.15) is 17.1 Å². The summed E-state index contributed by atoms with van der Waals surface area (Å²) in [5, 5.41) is 6.78. The lowest BCUT2D eigenvalue weighted by Gasteiger charge is -2.18. The first-order valence-electron chi connectivity index (χ1n) is 11.1. The molecule has 6 N–H and O–H groups in total. The molecule has 1 atom stereocenters. The van der Waals surface area contributed by atoms with Crippen LogP contribution in [0.3, 0.4) is 0 Å². The van der Waals surface area contributed by atoms with Crippen LogP contribution in [0.2, 0.25) is 0 Å². The van der Waals surface area contributed by atoms with E-state index in [4.69, 9.17) is 16.3 Å². The van der Waals surface area contributed by atoms with Crippen LogP contribution in [0.1, 0.15) is 41.5 Å². The molecule has 0 bridgehead atoms. The van der Waals surface area contributed by atoms with E-state index in [1.54, 1.807) is 25.4 Å². The van der Waals surface area contributed by atoms with Crippen molar-refractivity contribution in [3.05, 3.63) is 71.3 Å². The Morgan fingerprint density at radius 1 is 1.21 bits per heavy atom. The van der Waals surface area contributed by atoms with Gasteiger partial charge in [0.15, 0.2) is 0 Å². The van der Waals surface area contributed by atoms with E-state index >= 15 is 0 Å². The number of aromatic nitrogens is 1. The Hall–Kier alpha value is -3.92. The second-order valence-electron chi connectivity index (χ2n) is 7.34. The summed E-state index contributed by atoms with van der Waals surface area (Å²) in [7, 11) is 1.64. The number of nitrogens with one attached hydrogen (secondary N) is 2. The average Bonchev–Trinajstić information content (AvgIpc) is 2.84. The zero-order valence-corrected chi connectivity index (χ0v) is 19.8. The number of amides is 2. The molecule has 0 saturated carbocycles. The van der Waals surface area contributed by atoms with E-state index in [-0.39, 0.29) is 30.4 Å². The first kappa shape index (κ1) is 26.3. The highest BCUT2D eigenvalue weighted by atomic mass is 16.5. The molecule has 1 heterocycles. The highest BCUT2D eigenvalue weighted by Gasteiger charge is 2.15. The van der Waals surface area contributed by atoms with E-state index in [0.717, 1.165) is 12.0 Å². The zero-order chi connectivity index (χ0) is 24.9. The van der Waals surface area contributed by atoms with E-state index in [0.29, 0.717) is 12.4 Å². The fourth-order valence-electron chi connectivity index (χ4n) is 3.00. The molecule has 0 saturated heterocycles. The molecular weight excluding hydrogens is 434 g/mol. The van der Waals surface area contributed by atoms with Gasteiger partial charge in [-0.05, 0) is 36.6 Å². The SMILES string of the molecule is CCOc1ccc(C(=O)NCCN(N)C=C(N)C(=O)NC(C=NC)c2ccc(CC)cc2)nc1. The second-order valence-corrected chi connectivity index (χ2v) is 7.34. The Bertz CT molecular complexity index is 989. The minimum atomic E-state index is -0.484. The molecule has 1 unspecified atom stereocenters. The molecule has 2 rings (SSSR count). The number of benzene rings is 1. The van der Waals surface area contributed by atoms with Crippen molar-refractivity contribution in [2.45, 2.75) is 26.3 Å². The van der Waals surface area contributed by atoms with Crippen molar-refractivity contribution >= 4 is 18.0 Å². The first-order valence-corrected chi connectivity index (χ1v) is 11.1. The van der Waals surface area contributed by atoms with Crippen LogP contribution in [0.4, 0.5) is 0 Å². The van der Waals surface area contributed by atoms with Crippen LogP contribution < -0.4 is 26.9 Å². The zero-order valence-electron chi connectivity index (χ0n) is 19.8. The molecule has 2 amide bonds. The van der Waals surface area contributed by atoms with Gasteiger partial charge in [-0.25, -0.2) is 10.8 Å². The van der Waals surface area contributed by atoms with Crippen molar-refractivity contribution in [2.75, 3.05) is 26.7 Å². The van der Waals surface area contributed by atoms with Crippen molar-refractivity contribution < 1.29 is 14.3 Å². The molecule has 0 aliphatic heterocycles. The maximum absolute atomic E-state index is 12.6. The van der Waals surface area contributed by atoms with Gasteiger partial charge in [0.05, 0.1) is 25.4 Å². The number of rotatable bonds is 12. The summed E-state index contributed by atoms with van der Waals surface area (Å²) in [6, 6.07) is 10.7. The number of ether oxygens (including phenoxy) is 1. The molecular formula is C24H33N7O3. The minimum Gasteiger partial charge on any atom is -0.492 e.